The Hall–Kier alpha value is -3.88. The van der Waals surface area contributed by atoms with Gasteiger partial charge in [0.1, 0.15) is 29.7 Å². The Morgan fingerprint density at radius 1 is 1.00 bits per heavy atom. The van der Waals surface area contributed by atoms with Crippen molar-refractivity contribution in [1.82, 2.24) is 34.5 Å². The third kappa shape index (κ3) is 3.13. The van der Waals surface area contributed by atoms with Gasteiger partial charge in [0.05, 0.1) is 6.04 Å². The molecule has 0 aliphatic carbocycles. The first-order valence-electron chi connectivity index (χ1n) is 8.73. The van der Waals surface area contributed by atoms with Gasteiger partial charge in [-0.1, -0.05) is 30.3 Å². The van der Waals surface area contributed by atoms with Crippen molar-refractivity contribution in [2.24, 2.45) is 0 Å². The van der Waals surface area contributed by atoms with Crippen molar-refractivity contribution < 1.29 is 0 Å². The van der Waals surface area contributed by atoms with E-state index >= 15 is 0 Å². The molecule has 28 heavy (non-hydrogen) atoms. The molecular weight excluding hydrogens is 356 g/mol. The van der Waals surface area contributed by atoms with Crippen molar-refractivity contribution in [3.63, 3.8) is 0 Å². The summed E-state index contributed by atoms with van der Waals surface area (Å²) in [4.78, 5) is 25.3. The second kappa shape index (κ2) is 7.03. The maximum atomic E-state index is 12.1. The average Bonchev–Trinajstić information content (AvgIpc) is 3.23. The largest absolute Gasteiger partial charge is 0.381 e. The highest BCUT2D eigenvalue weighted by Gasteiger charge is 2.19. The number of nitrogens with zero attached hydrogens (tertiary/aromatic N) is 7. The van der Waals surface area contributed by atoms with E-state index in [-0.39, 0.29) is 17.4 Å². The lowest BCUT2D eigenvalue weighted by molar-refractivity contribution is 0.504. The van der Waals surface area contributed by atoms with Crippen molar-refractivity contribution in [2.45, 2.75) is 19.9 Å². The number of anilines is 1. The minimum absolute atomic E-state index is 0.0934. The van der Waals surface area contributed by atoms with Crippen molar-refractivity contribution in [3.8, 4) is 28.5 Å². The van der Waals surface area contributed by atoms with Crippen molar-refractivity contribution in [1.29, 1.82) is 0 Å². The van der Waals surface area contributed by atoms with E-state index < -0.39 is 0 Å². The molecule has 0 atom stereocenters. The highest BCUT2D eigenvalue weighted by atomic mass is 16.1. The Morgan fingerprint density at radius 2 is 1.79 bits per heavy atom. The van der Waals surface area contributed by atoms with Gasteiger partial charge in [0.15, 0.2) is 11.6 Å². The van der Waals surface area contributed by atoms with Crippen LogP contribution in [0.4, 0.5) is 5.82 Å². The van der Waals surface area contributed by atoms with Crippen LogP contribution in [0.2, 0.25) is 0 Å². The lowest BCUT2D eigenvalue weighted by atomic mass is 10.1. The molecule has 0 aliphatic rings. The zero-order valence-electron chi connectivity index (χ0n) is 15.4. The number of aromatic nitrogens is 7. The lowest BCUT2D eigenvalue weighted by Gasteiger charge is -2.14. The van der Waals surface area contributed by atoms with Crippen LogP contribution in [-0.4, -0.2) is 34.5 Å². The standard InChI is InChI=1S/C19H18N8O/c1-12(2)27-15(28)9-8-14(25-27)17-16(13-6-4-3-5-7-13)23-18(20)19(24-17)26-11-21-10-22-26/h3-12H,1-2H3,(H2,20,23). The fourth-order valence-corrected chi connectivity index (χ4v) is 2.82. The van der Waals surface area contributed by atoms with Gasteiger partial charge in [-0.15, -0.1) is 0 Å². The summed E-state index contributed by atoms with van der Waals surface area (Å²) in [5, 5.41) is 8.59. The fraction of sp³-hybridized carbons (Fsp3) is 0.158. The predicted octanol–water partition coefficient (Wildman–Crippen LogP) is 2.11. The molecule has 9 nitrogen and oxygen atoms in total. The fourth-order valence-electron chi connectivity index (χ4n) is 2.82. The summed E-state index contributed by atoms with van der Waals surface area (Å²) in [6.45, 7) is 3.79. The van der Waals surface area contributed by atoms with Crippen LogP contribution >= 0.6 is 0 Å². The molecule has 0 aliphatic heterocycles. The van der Waals surface area contributed by atoms with E-state index in [0.717, 1.165) is 5.56 Å². The van der Waals surface area contributed by atoms with Gasteiger partial charge in [0.25, 0.3) is 5.56 Å². The first-order valence-corrected chi connectivity index (χ1v) is 8.73. The molecule has 0 unspecified atom stereocenters. The van der Waals surface area contributed by atoms with Gasteiger partial charge in [0, 0.05) is 11.6 Å². The first-order chi connectivity index (χ1) is 13.5. The van der Waals surface area contributed by atoms with Crippen LogP contribution < -0.4 is 11.3 Å². The van der Waals surface area contributed by atoms with Gasteiger partial charge in [-0.25, -0.2) is 19.6 Å². The van der Waals surface area contributed by atoms with Crippen LogP contribution in [0.15, 0.2) is 59.9 Å². The molecule has 0 amide bonds. The smallest absolute Gasteiger partial charge is 0.267 e. The summed E-state index contributed by atoms with van der Waals surface area (Å²) in [7, 11) is 0. The summed E-state index contributed by atoms with van der Waals surface area (Å²) < 4.78 is 2.86. The van der Waals surface area contributed by atoms with E-state index in [9.17, 15) is 4.79 Å². The molecule has 0 fully saturated rings. The van der Waals surface area contributed by atoms with E-state index in [2.05, 4.69) is 25.1 Å². The molecule has 140 valence electrons. The van der Waals surface area contributed by atoms with Crippen LogP contribution in [0.1, 0.15) is 19.9 Å². The molecule has 1 aromatic carbocycles. The third-order valence-corrected chi connectivity index (χ3v) is 4.14. The lowest BCUT2D eigenvalue weighted by Crippen LogP contribution is -2.24. The molecule has 0 bridgehead atoms. The molecule has 2 N–H and O–H groups in total. The Labute approximate surface area is 160 Å². The number of rotatable bonds is 4. The molecular formula is C19H18N8O. The van der Waals surface area contributed by atoms with Crippen molar-refractivity contribution in [2.75, 3.05) is 5.73 Å². The summed E-state index contributed by atoms with van der Waals surface area (Å²) in [5.74, 6) is 0.557. The van der Waals surface area contributed by atoms with Crippen LogP contribution in [0.25, 0.3) is 28.5 Å². The SMILES string of the molecule is CC(C)n1nc(-c2nc(-n3cncn3)c(N)nc2-c2ccccc2)ccc1=O. The number of nitrogen functional groups attached to an aromatic ring is 1. The number of nitrogens with two attached hydrogens (primary N) is 1. The molecule has 0 spiro atoms. The number of hydrogen-bond donors (Lipinski definition) is 1. The van der Waals surface area contributed by atoms with Gasteiger partial charge < -0.3 is 5.73 Å². The summed E-state index contributed by atoms with van der Waals surface area (Å²) in [6, 6.07) is 12.6. The highest BCUT2D eigenvalue weighted by molar-refractivity contribution is 5.78. The van der Waals surface area contributed by atoms with Crippen LogP contribution in [0, 0.1) is 0 Å². The molecule has 3 heterocycles. The quantitative estimate of drug-likeness (QED) is 0.581. The molecule has 0 saturated heterocycles. The van der Waals surface area contributed by atoms with Gasteiger partial charge in [-0.2, -0.15) is 14.9 Å². The highest BCUT2D eigenvalue weighted by Crippen LogP contribution is 2.30. The zero-order chi connectivity index (χ0) is 19.7. The minimum Gasteiger partial charge on any atom is -0.381 e. The molecule has 4 aromatic rings. The minimum atomic E-state index is -0.181. The van der Waals surface area contributed by atoms with Crippen molar-refractivity contribution in [3.05, 3.63) is 65.5 Å². The summed E-state index contributed by atoms with van der Waals surface area (Å²) in [6.07, 6.45) is 2.89. The monoisotopic (exact) mass is 374 g/mol. The molecule has 0 radical (unpaired) electrons. The van der Waals surface area contributed by atoms with Crippen LogP contribution in [0.5, 0.6) is 0 Å². The third-order valence-electron chi connectivity index (χ3n) is 4.14. The van der Waals surface area contributed by atoms with E-state index in [1.165, 1.54) is 28.1 Å². The van der Waals surface area contributed by atoms with Gasteiger partial charge in [-0.3, -0.25) is 4.79 Å². The van der Waals surface area contributed by atoms with E-state index in [1.54, 1.807) is 6.07 Å². The maximum absolute atomic E-state index is 12.1. The summed E-state index contributed by atoms with van der Waals surface area (Å²) in [5.41, 5.74) is 8.41. The second-order valence-electron chi connectivity index (χ2n) is 6.43. The topological polar surface area (TPSA) is 117 Å². The Morgan fingerprint density at radius 3 is 2.46 bits per heavy atom. The Bertz CT molecular complexity index is 1170. The van der Waals surface area contributed by atoms with Gasteiger partial charge in [0.2, 0.25) is 0 Å². The molecule has 0 saturated carbocycles. The van der Waals surface area contributed by atoms with Gasteiger partial charge in [-0.05, 0) is 19.9 Å². The molecule has 4 rings (SSSR count). The first kappa shape index (κ1) is 17.5. The zero-order valence-corrected chi connectivity index (χ0v) is 15.4. The van der Waals surface area contributed by atoms with Crippen LogP contribution in [0.3, 0.4) is 0 Å². The normalized spacial score (nSPS) is 11.1. The van der Waals surface area contributed by atoms with Crippen molar-refractivity contribution >= 4 is 5.82 Å². The summed E-state index contributed by atoms with van der Waals surface area (Å²) >= 11 is 0. The van der Waals surface area contributed by atoms with E-state index in [1.807, 2.05) is 44.2 Å². The average molecular weight is 374 g/mol. The number of hydrogen-bond acceptors (Lipinski definition) is 7. The Kier molecular flexibility index (Phi) is 4.40. The number of benzene rings is 1. The van der Waals surface area contributed by atoms with Gasteiger partial charge >= 0.3 is 0 Å². The van der Waals surface area contributed by atoms with Crippen LogP contribution in [-0.2, 0) is 0 Å². The van der Waals surface area contributed by atoms with E-state index in [0.29, 0.717) is 22.9 Å². The second-order valence-corrected chi connectivity index (χ2v) is 6.43. The molecule has 9 heteroatoms. The molecule has 3 aromatic heterocycles. The van der Waals surface area contributed by atoms with E-state index in [4.69, 9.17) is 5.73 Å². The Balaban J connectivity index is 2.00. The maximum Gasteiger partial charge on any atom is 0.267 e. The predicted molar refractivity (Wildman–Crippen MR) is 105 cm³/mol.